The predicted molar refractivity (Wildman–Crippen MR) is 156 cm³/mol. The summed E-state index contributed by atoms with van der Waals surface area (Å²) >= 11 is 0. The Labute approximate surface area is 222 Å². The number of para-hydroxylation sites is 1. The lowest BCUT2D eigenvalue weighted by Crippen LogP contribution is -2.26. The summed E-state index contributed by atoms with van der Waals surface area (Å²) in [6.07, 6.45) is 8.86. The summed E-state index contributed by atoms with van der Waals surface area (Å²) in [5.41, 5.74) is 5.73. The fourth-order valence-corrected chi connectivity index (χ4v) is 5.29. The molecule has 1 fully saturated rings. The monoisotopic (exact) mass is 497 g/mol. The fourth-order valence-electron chi connectivity index (χ4n) is 5.29. The van der Waals surface area contributed by atoms with E-state index in [0.29, 0.717) is 0 Å². The molecule has 1 saturated carbocycles. The van der Waals surface area contributed by atoms with Crippen molar-refractivity contribution >= 4 is 27.8 Å². The molecular formula is C32H43N5. The Kier molecular flexibility index (Phi) is 7.80. The van der Waals surface area contributed by atoms with Crippen LogP contribution in [0.1, 0.15) is 83.2 Å². The van der Waals surface area contributed by atoms with E-state index in [1.165, 1.54) is 47.7 Å². The molecule has 2 heterocycles. The third-order valence-corrected chi connectivity index (χ3v) is 7.56. The number of benzene rings is 2. The first-order valence-electron chi connectivity index (χ1n) is 14.3. The number of imidazole rings is 1. The topological polar surface area (TPSA) is 54.8 Å². The molecule has 196 valence electrons. The second-order valence-electron chi connectivity index (χ2n) is 11.8. The Morgan fingerprint density at radius 3 is 2.43 bits per heavy atom. The average molecular weight is 498 g/mol. The number of hydrogen-bond acceptors (Lipinski definition) is 4. The molecular weight excluding hydrogens is 454 g/mol. The molecule has 0 unspecified atom stereocenters. The van der Waals surface area contributed by atoms with E-state index in [1.54, 1.807) is 0 Å². The third kappa shape index (κ3) is 6.15. The molecule has 4 aromatic rings. The van der Waals surface area contributed by atoms with Crippen LogP contribution in [0, 0.1) is 5.92 Å². The molecule has 0 aliphatic heterocycles. The maximum absolute atomic E-state index is 5.20. The van der Waals surface area contributed by atoms with E-state index >= 15 is 0 Å². The van der Waals surface area contributed by atoms with Gasteiger partial charge in [0.25, 0.3) is 0 Å². The van der Waals surface area contributed by atoms with E-state index < -0.39 is 0 Å². The van der Waals surface area contributed by atoms with E-state index in [9.17, 15) is 0 Å². The molecule has 2 aromatic carbocycles. The summed E-state index contributed by atoms with van der Waals surface area (Å²) in [7, 11) is 0. The Bertz CT molecular complexity index is 1330. The van der Waals surface area contributed by atoms with Gasteiger partial charge in [-0.1, -0.05) is 75.1 Å². The van der Waals surface area contributed by atoms with Crippen LogP contribution in [0.2, 0.25) is 0 Å². The van der Waals surface area contributed by atoms with Gasteiger partial charge in [-0.05, 0) is 63.3 Å². The van der Waals surface area contributed by atoms with Gasteiger partial charge in [-0.2, -0.15) is 0 Å². The summed E-state index contributed by atoms with van der Waals surface area (Å²) in [5.74, 6) is 2.99. The molecule has 2 N–H and O–H groups in total. The van der Waals surface area contributed by atoms with Crippen molar-refractivity contribution in [2.75, 3.05) is 11.9 Å². The SMILES string of the molecule is CCCCc1nc2c(NC(C)(C)C)nc3ccccc3c2n1Cc1ccc(CNCCC2CCC2)cc1. The van der Waals surface area contributed by atoms with Gasteiger partial charge >= 0.3 is 0 Å². The van der Waals surface area contributed by atoms with Gasteiger partial charge in [-0.15, -0.1) is 0 Å². The van der Waals surface area contributed by atoms with Crippen LogP contribution in [-0.4, -0.2) is 26.6 Å². The van der Waals surface area contributed by atoms with Crippen LogP contribution in [0.4, 0.5) is 5.82 Å². The fraction of sp³-hybridized carbons (Fsp3) is 0.500. The molecule has 5 heteroatoms. The van der Waals surface area contributed by atoms with Crippen molar-refractivity contribution in [2.24, 2.45) is 5.92 Å². The molecule has 0 saturated heterocycles. The Morgan fingerprint density at radius 1 is 0.973 bits per heavy atom. The summed E-state index contributed by atoms with van der Waals surface area (Å²) in [4.78, 5) is 10.2. The van der Waals surface area contributed by atoms with Gasteiger partial charge in [0.05, 0.1) is 11.0 Å². The Morgan fingerprint density at radius 2 is 1.73 bits per heavy atom. The normalized spacial score (nSPS) is 14.4. The molecule has 1 aliphatic rings. The third-order valence-electron chi connectivity index (χ3n) is 7.56. The number of nitrogens with zero attached hydrogens (tertiary/aromatic N) is 3. The van der Waals surface area contributed by atoms with E-state index in [4.69, 9.17) is 9.97 Å². The largest absolute Gasteiger partial charge is 0.364 e. The molecule has 1 aliphatic carbocycles. The van der Waals surface area contributed by atoms with Gasteiger partial charge in [0.15, 0.2) is 5.82 Å². The number of pyridine rings is 1. The van der Waals surface area contributed by atoms with Crippen LogP contribution >= 0.6 is 0 Å². The van der Waals surface area contributed by atoms with Crippen molar-refractivity contribution in [3.63, 3.8) is 0 Å². The molecule has 5 rings (SSSR count). The maximum Gasteiger partial charge on any atom is 0.155 e. The Hall–Kier alpha value is -2.92. The lowest BCUT2D eigenvalue weighted by Gasteiger charge is -2.25. The Balaban J connectivity index is 1.45. The molecule has 0 amide bonds. The molecule has 2 aromatic heterocycles. The average Bonchev–Trinajstić information content (AvgIpc) is 3.20. The molecule has 37 heavy (non-hydrogen) atoms. The molecule has 0 atom stereocenters. The van der Waals surface area contributed by atoms with Crippen molar-refractivity contribution in [1.29, 1.82) is 0 Å². The first-order chi connectivity index (χ1) is 17.9. The zero-order chi connectivity index (χ0) is 25.8. The van der Waals surface area contributed by atoms with Crippen LogP contribution in [0.3, 0.4) is 0 Å². The number of nitrogens with one attached hydrogen (secondary N) is 2. The van der Waals surface area contributed by atoms with Crippen molar-refractivity contribution < 1.29 is 0 Å². The van der Waals surface area contributed by atoms with E-state index in [0.717, 1.165) is 67.5 Å². The standard InChI is InChI=1S/C32H43N5/c1-5-6-14-28-35-29-30(26-12-7-8-13-27(26)34-31(29)36-32(2,3)4)37(28)22-25-17-15-24(16-18-25)21-33-20-19-23-10-9-11-23/h7-8,12-13,15-18,23,33H,5-6,9-11,14,19-22H2,1-4H3,(H,34,36). The first kappa shape index (κ1) is 25.7. The molecule has 0 radical (unpaired) electrons. The highest BCUT2D eigenvalue weighted by Gasteiger charge is 2.21. The van der Waals surface area contributed by atoms with Gasteiger partial charge < -0.3 is 15.2 Å². The first-order valence-corrected chi connectivity index (χ1v) is 14.3. The minimum absolute atomic E-state index is 0.0997. The number of aryl methyl sites for hydroxylation is 1. The molecule has 0 spiro atoms. The van der Waals surface area contributed by atoms with Crippen LogP contribution in [-0.2, 0) is 19.5 Å². The summed E-state index contributed by atoms with van der Waals surface area (Å²) in [6.45, 7) is 11.7. The van der Waals surface area contributed by atoms with Gasteiger partial charge in [-0.25, -0.2) is 9.97 Å². The number of anilines is 1. The second-order valence-corrected chi connectivity index (χ2v) is 11.8. The van der Waals surface area contributed by atoms with E-state index in [-0.39, 0.29) is 5.54 Å². The smallest absolute Gasteiger partial charge is 0.155 e. The second kappa shape index (κ2) is 11.2. The number of unbranched alkanes of at least 4 members (excludes halogenated alkanes) is 1. The number of aromatic nitrogens is 3. The van der Waals surface area contributed by atoms with E-state index in [1.807, 2.05) is 0 Å². The van der Waals surface area contributed by atoms with Crippen molar-refractivity contribution in [1.82, 2.24) is 19.9 Å². The van der Waals surface area contributed by atoms with Gasteiger partial charge in [0.1, 0.15) is 11.3 Å². The van der Waals surface area contributed by atoms with Gasteiger partial charge in [0.2, 0.25) is 0 Å². The lowest BCUT2D eigenvalue weighted by molar-refractivity contribution is 0.292. The summed E-state index contributed by atoms with van der Waals surface area (Å²) < 4.78 is 2.44. The highest BCUT2D eigenvalue weighted by molar-refractivity contribution is 6.07. The lowest BCUT2D eigenvalue weighted by atomic mass is 9.83. The zero-order valence-electron chi connectivity index (χ0n) is 23.1. The maximum atomic E-state index is 5.20. The van der Waals surface area contributed by atoms with Crippen molar-refractivity contribution in [3.05, 3.63) is 65.5 Å². The summed E-state index contributed by atoms with van der Waals surface area (Å²) in [6, 6.07) is 17.6. The van der Waals surface area contributed by atoms with Crippen molar-refractivity contribution in [3.8, 4) is 0 Å². The highest BCUT2D eigenvalue weighted by atomic mass is 15.1. The highest BCUT2D eigenvalue weighted by Crippen LogP contribution is 2.33. The quantitative estimate of drug-likeness (QED) is 0.211. The predicted octanol–water partition coefficient (Wildman–Crippen LogP) is 7.47. The minimum Gasteiger partial charge on any atom is -0.364 e. The molecule has 5 nitrogen and oxygen atoms in total. The number of hydrogen-bond donors (Lipinski definition) is 2. The van der Waals surface area contributed by atoms with Crippen LogP contribution in [0.5, 0.6) is 0 Å². The van der Waals surface area contributed by atoms with Crippen LogP contribution in [0.15, 0.2) is 48.5 Å². The number of fused-ring (bicyclic) bond motifs is 3. The van der Waals surface area contributed by atoms with Crippen LogP contribution < -0.4 is 10.6 Å². The summed E-state index contributed by atoms with van der Waals surface area (Å²) in [5, 5.41) is 8.43. The van der Waals surface area contributed by atoms with Crippen molar-refractivity contribution in [2.45, 2.75) is 91.3 Å². The van der Waals surface area contributed by atoms with Crippen LogP contribution in [0.25, 0.3) is 21.9 Å². The zero-order valence-corrected chi connectivity index (χ0v) is 23.1. The number of rotatable bonds is 11. The van der Waals surface area contributed by atoms with Gasteiger partial charge in [-0.3, -0.25) is 0 Å². The van der Waals surface area contributed by atoms with Gasteiger partial charge in [0, 0.05) is 30.4 Å². The van der Waals surface area contributed by atoms with E-state index in [2.05, 4.69) is 91.4 Å². The molecule has 0 bridgehead atoms. The minimum atomic E-state index is -0.0997.